The number of fused-ring (bicyclic) bond motifs is 2. The summed E-state index contributed by atoms with van der Waals surface area (Å²) in [6.07, 6.45) is 3.58. The monoisotopic (exact) mass is 433 g/mol. The third-order valence-corrected chi connectivity index (χ3v) is 6.21. The molecular weight excluding hydrogens is 395 g/mol. The van der Waals surface area contributed by atoms with Gasteiger partial charge in [0.1, 0.15) is 6.10 Å². The predicted octanol–water partition coefficient (Wildman–Crippen LogP) is 4.57. The predicted molar refractivity (Wildman–Crippen MR) is 121 cm³/mol. The number of rotatable bonds is 4. The smallest absolute Gasteiger partial charge is 0.333 e. The van der Waals surface area contributed by atoms with E-state index in [0.29, 0.717) is 22.5 Å². The van der Waals surface area contributed by atoms with Gasteiger partial charge >= 0.3 is 17.9 Å². The Morgan fingerprint density at radius 2 is 1.40 bits per heavy atom. The minimum absolute atomic E-state index is 0. The minimum Gasteiger partial charge on any atom is -0.478 e. The summed E-state index contributed by atoms with van der Waals surface area (Å²) in [5.74, 6) is -0.801. The van der Waals surface area contributed by atoms with Gasteiger partial charge in [0.05, 0.1) is 7.11 Å². The molecule has 7 heteroatoms. The zero-order chi connectivity index (χ0) is 23.2. The van der Waals surface area contributed by atoms with Crippen LogP contribution in [0.25, 0.3) is 0 Å². The number of carboxylic acid groups (broad SMARTS) is 1. The Morgan fingerprint density at radius 3 is 1.60 bits per heavy atom. The molecule has 0 aromatic carbocycles. The van der Waals surface area contributed by atoms with Crippen molar-refractivity contribution < 1.29 is 30.4 Å². The molecule has 2 aliphatic rings. The number of esters is 2. The number of hydrogen-bond donors (Lipinski definition) is 1. The van der Waals surface area contributed by atoms with Crippen LogP contribution in [0.4, 0.5) is 0 Å². The van der Waals surface area contributed by atoms with Crippen LogP contribution in [0.15, 0.2) is 36.5 Å². The summed E-state index contributed by atoms with van der Waals surface area (Å²) in [4.78, 5) is 31.4. The Balaban J connectivity index is -0.000000443. The zero-order valence-electron chi connectivity index (χ0n) is 19.9. The Labute approximate surface area is 204 Å². The van der Waals surface area contributed by atoms with Crippen molar-refractivity contribution in [3.63, 3.8) is 0 Å². The maximum atomic E-state index is 11.6. The molecule has 0 heterocycles. The number of aliphatic carboxylic acids is 1. The van der Waals surface area contributed by atoms with Gasteiger partial charge < -0.3 is 14.6 Å². The molecule has 0 aliphatic heterocycles. The van der Waals surface area contributed by atoms with Crippen LogP contribution in [-0.4, -0.2) is 65.8 Å². The molecule has 2 saturated carbocycles. The van der Waals surface area contributed by atoms with E-state index in [1.807, 2.05) is 0 Å². The van der Waals surface area contributed by atoms with E-state index in [9.17, 15) is 14.4 Å². The molecular formula is C23H38NaO6. The van der Waals surface area contributed by atoms with Crippen LogP contribution < -0.4 is 0 Å². The summed E-state index contributed by atoms with van der Waals surface area (Å²) < 4.78 is 9.88. The molecule has 6 nitrogen and oxygen atoms in total. The molecule has 0 saturated heterocycles. The molecule has 1 radical (unpaired) electrons. The fraction of sp³-hybridized carbons (Fsp3) is 0.609. The van der Waals surface area contributed by atoms with E-state index in [2.05, 4.69) is 45.2 Å². The largest absolute Gasteiger partial charge is 0.478 e. The van der Waals surface area contributed by atoms with Gasteiger partial charge in [-0.1, -0.05) is 40.5 Å². The molecule has 3 atom stereocenters. The van der Waals surface area contributed by atoms with E-state index in [0.717, 1.165) is 6.42 Å². The van der Waals surface area contributed by atoms with Gasteiger partial charge in [-0.2, -0.15) is 0 Å². The summed E-state index contributed by atoms with van der Waals surface area (Å²) in [6, 6.07) is 0. The van der Waals surface area contributed by atoms with Crippen molar-refractivity contribution in [2.24, 2.45) is 16.7 Å². The van der Waals surface area contributed by atoms with Crippen LogP contribution in [0.3, 0.4) is 0 Å². The van der Waals surface area contributed by atoms with E-state index in [1.54, 1.807) is 13.8 Å². The Hall–Kier alpha value is -1.37. The minimum atomic E-state index is -0.935. The van der Waals surface area contributed by atoms with Gasteiger partial charge in [0.25, 0.3) is 0 Å². The zero-order valence-corrected chi connectivity index (χ0v) is 21.9. The van der Waals surface area contributed by atoms with Crippen molar-refractivity contribution in [3.05, 3.63) is 36.5 Å². The first-order valence-electron chi connectivity index (χ1n) is 9.60. The summed E-state index contributed by atoms with van der Waals surface area (Å²) in [6.45, 7) is 21.8. The molecule has 0 amide bonds. The summed E-state index contributed by atoms with van der Waals surface area (Å²) in [7, 11) is 1.33. The Kier molecular flexibility index (Phi) is 12.8. The summed E-state index contributed by atoms with van der Waals surface area (Å²) in [5, 5.41) is 7.89. The number of ether oxygens (including phenoxy) is 2. The molecule has 0 unspecified atom stereocenters. The van der Waals surface area contributed by atoms with Crippen molar-refractivity contribution in [3.8, 4) is 0 Å². The van der Waals surface area contributed by atoms with Crippen LogP contribution in [0, 0.1) is 16.7 Å². The van der Waals surface area contributed by atoms with Gasteiger partial charge in [0, 0.05) is 53.1 Å². The van der Waals surface area contributed by atoms with Crippen LogP contribution >= 0.6 is 0 Å². The number of carboxylic acids is 1. The second kappa shape index (κ2) is 12.5. The maximum Gasteiger partial charge on any atom is 0.333 e. The first-order valence-corrected chi connectivity index (χ1v) is 9.60. The Morgan fingerprint density at radius 1 is 0.967 bits per heavy atom. The van der Waals surface area contributed by atoms with Crippen LogP contribution in [-0.2, 0) is 23.9 Å². The summed E-state index contributed by atoms with van der Waals surface area (Å²) in [5.41, 5.74) is 1.57. The van der Waals surface area contributed by atoms with Gasteiger partial charge in [-0.3, -0.25) is 0 Å². The van der Waals surface area contributed by atoms with Gasteiger partial charge in [0.15, 0.2) is 0 Å². The molecule has 167 valence electrons. The van der Waals surface area contributed by atoms with E-state index in [4.69, 9.17) is 9.84 Å². The molecule has 2 fully saturated rings. The number of carbonyl (C=O) groups is 3. The molecule has 2 aliphatic carbocycles. The van der Waals surface area contributed by atoms with Crippen molar-refractivity contribution in [1.29, 1.82) is 0 Å². The van der Waals surface area contributed by atoms with Crippen LogP contribution in [0.1, 0.15) is 62.2 Å². The van der Waals surface area contributed by atoms with Gasteiger partial charge in [-0.05, 0) is 51.4 Å². The molecule has 0 aromatic heterocycles. The first kappa shape index (κ1) is 30.8. The van der Waals surface area contributed by atoms with E-state index >= 15 is 0 Å². The summed E-state index contributed by atoms with van der Waals surface area (Å²) >= 11 is 0. The van der Waals surface area contributed by atoms with Gasteiger partial charge in [-0.25, -0.2) is 14.4 Å². The van der Waals surface area contributed by atoms with E-state index in [-0.39, 0.29) is 60.0 Å². The number of methoxy groups -OCH3 is 1. The van der Waals surface area contributed by atoms with Crippen molar-refractivity contribution in [1.82, 2.24) is 0 Å². The topological polar surface area (TPSA) is 89.9 Å². The van der Waals surface area contributed by atoms with Crippen LogP contribution in [0.5, 0.6) is 0 Å². The van der Waals surface area contributed by atoms with Gasteiger partial charge in [-0.15, -0.1) is 0 Å². The molecule has 0 aromatic rings. The van der Waals surface area contributed by atoms with E-state index in [1.165, 1.54) is 26.9 Å². The third-order valence-electron chi connectivity index (χ3n) is 6.21. The fourth-order valence-electron chi connectivity index (χ4n) is 3.71. The fourth-order valence-corrected chi connectivity index (χ4v) is 3.71. The average molecular weight is 434 g/mol. The average Bonchev–Trinajstić information content (AvgIpc) is 2.95. The second-order valence-corrected chi connectivity index (χ2v) is 8.64. The second-order valence-electron chi connectivity index (χ2n) is 8.64. The normalized spacial score (nSPS) is 24.5. The third kappa shape index (κ3) is 7.71. The molecule has 2 bridgehead atoms. The molecule has 2 rings (SSSR count). The van der Waals surface area contributed by atoms with E-state index < -0.39 is 5.97 Å². The first-order chi connectivity index (χ1) is 13.1. The van der Waals surface area contributed by atoms with Crippen molar-refractivity contribution in [2.45, 2.75) is 66.9 Å². The maximum absolute atomic E-state index is 11.6. The standard InChI is InChI=1S/C14H22O2.C5H8O2.C4H6O2.Na.H2/c1-9(2)12(15)16-11-8-10-6-7-14(11,5)13(10,3)4;1-4(2)5(6)7-3;1-3(2)4(5)6;;/h10-11H,1,6-8H2,2-5H3;1H2,2-3H3;1H2,2H3,(H,5,6);;1H/t10-,11-,14+;;;;/m0..../s1. The molecule has 0 spiro atoms. The molecule has 30 heavy (non-hydrogen) atoms. The van der Waals surface area contributed by atoms with Gasteiger partial charge in [0.2, 0.25) is 0 Å². The van der Waals surface area contributed by atoms with Crippen molar-refractivity contribution in [2.75, 3.05) is 7.11 Å². The molecule has 1 N–H and O–H groups in total. The SMILES string of the molecule is C=C(C)C(=O)O.C=C(C)C(=O)OC.C=C(C)C(=O)O[C@H]1C[C@@H]2CC[C@@]1(C)C2(C)C.[HH].[Na]. The quantitative estimate of drug-likeness (QED) is 0.397. The Bertz CT molecular complexity index is 688. The van der Waals surface area contributed by atoms with Crippen molar-refractivity contribution >= 4 is 47.5 Å². The number of hydrogen-bond acceptors (Lipinski definition) is 5. The number of carbonyl (C=O) groups excluding carboxylic acids is 2. The van der Waals surface area contributed by atoms with Crippen LogP contribution in [0.2, 0.25) is 0 Å².